The summed E-state index contributed by atoms with van der Waals surface area (Å²) in [5.74, 6) is -1.64. The van der Waals surface area contributed by atoms with Gasteiger partial charge in [-0.15, -0.1) is 0 Å². The van der Waals surface area contributed by atoms with Gasteiger partial charge in [0.05, 0.1) is 7.11 Å². The number of methoxy groups -OCH3 is 1. The zero-order chi connectivity index (χ0) is 14.7. The van der Waals surface area contributed by atoms with E-state index in [2.05, 4.69) is 0 Å². The molecular formula is C15H20O4. The van der Waals surface area contributed by atoms with Crippen molar-refractivity contribution in [3.05, 3.63) is 28.3 Å². The van der Waals surface area contributed by atoms with Crippen molar-refractivity contribution in [1.82, 2.24) is 0 Å². The molecule has 1 atom stereocenters. The van der Waals surface area contributed by atoms with Crippen LogP contribution in [0.3, 0.4) is 0 Å². The zero-order valence-electron chi connectivity index (χ0n) is 12.0. The summed E-state index contributed by atoms with van der Waals surface area (Å²) in [5, 5.41) is 9.09. The Morgan fingerprint density at radius 1 is 1.26 bits per heavy atom. The van der Waals surface area contributed by atoms with Gasteiger partial charge in [-0.3, -0.25) is 9.59 Å². The van der Waals surface area contributed by atoms with Gasteiger partial charge in [-0.1, -0.05) is 6.92 Å². The molecule has 104 valence electrons. The number of aliphatic carboxylic acids is 1. The second-order valence-electron chi connectivity index (χ2n) is 4.69. The van der Waals surface area contributed by atoms with E-state index in [1.807, 2.05) is 20.8 Å². The largest absolute Gasteiger partial charge is 0.496 e. The number of ketones is 1. The van der Waals surface area contributed by atoms with E-state index in [-0.39, 0.29) is 12.2 Å². The van der Waals surface area contributed by atoms with Crippen LogP contribution in [0.1, 0.15) is 40.4 Å². The van der Waals surface area contributed by atoms with E-state index >= 15 is 0 Å². The zero-order valence-corrected chi connectivity index (χ0v) is 12.0. The molecule has 1 rings (SSSR count). The number of ether oxygens (including phenoxy) is 1. The first-order valence-electron chi connectivity index (χ1n) is 6.26. The van der Waals surface area contributed by atoms with Crippen molar-refractivity contribution in [2.45, 2.75) is 34.1 Å². The van der Waals surface area contributed by atoms with Gasteiger partial charge in [-0.05, 0) is 49.9 Å². The number of aryl methyl sites for hydroxylation is 1. The molecule has 0 spiro atoms. The lowest BCUT2D eigenvalue weighted by Gasteiger charge is -2.17. The lowest BCUT2D eigenvalue weighted by molar-refractivity contribution is -0.140. The third kappa shape index (κ3) is 2.78. The van der Waals surface area contributed by atoms with Gasteiger partial charge in [-0.25, -0.2) is 0 Å². The summed E-state index contributed by atoms with van der Waals surface area (Å²) in [5.41, 5.74) is 2.98. The number of carboxylic acids is 1. The average molecular weight is 264 g/mol. The fraction of sp³-hybridized carbons (Fsp3) is 0.467. The van der Waals surface area contributed by atoms with Crippen molar-refractivity contribution < 1.29 is 19.4 Å². The fourth-order valence-corrected chi connectivity index (χ4v) is 2.29. The van der Waals surface area contributed by atoms with Crippen LogP contribution in [-0.2, 0) is 4.79 Å². The molecule has 0 saturated heterocycles. The first kappa shape index (κ1) is 15.2. The van der Waals surface area contributed by atoms with E-state index in [9.17, 15) is 9.59 Å². The number of Topliss-reactive ketones (excluding diaryl/α,β-unsaturated/α-hetero) is 1. The minimum atomic E-state index is -1.07. The number of benzene rings is 1. The molecule has 0 aliphatic heterocycles. The average Bonchev–Trinajstić information content (AvgIpc) is 2.34. The Bertz CT molecular complexity index is 517. The summed E-state index contributed by atoms with van der Waals surface area (Å²) in [7, 11) is 1.59. The normalized spacial score (nSPS) is 12.1. The van der Waals surface area contributed by atoms with Crippen LogP contribution in [0.4, 0.5) is 0 Å². The van der Waals surface area contributed by atoms with Crippen LogP contribution in [0.25, 0.3) is 0 Å². The second kappa shape index (κ2) is 5.87. The highest BCUT2D eigenvalue weighted by atomic mass is 16.5. The lowest BCUT2D eigenvalue weighted by Crippen LogP contribution is -2.24. The molecule has 0 fully saturated rings. The summed E-state index contributed by atoms with van der Waals surface area (Å²) in [6.45, 7) is 7.25. The van der Waals surface area contributed by atoms with Gasteiger partial charge in [0, 0.05) is 5.56 Å². The SMILES string of the molecule is CCC(C(=O)O)C(=O)c1cc(C)c(OC)c(C)c1C. The predicted octanol–water partition coefficient (Wildman–Crippen LogP) is 2.91. The smallest absolute Gasteiger partial charge is 0.314 e. The maximum Gasteiger partial charge on any atom is 0.314 e. The Labute approximate surface area is 113 Å². The Hall–Kier alpha value is -1.84. The molecule has 19 heavy (non-hydrogen) atoms. The van der Waals surface area contributed by atoms with Crippen molar-refractivity contribution in [1.29, 1.82) is 0 Å². The van der Waals surface area contributed by atoms with E-state index in [4.69, 9.17) is 9.84 Å². The van der Waals surface area contributed by atoms with Gasteiger partial charge < -0.3 is 9.84 Å². The molecule has 0 aliphatic carbocycles. The molecular weight excluding hydrogens is 244 g/mol. The standard InChI is InChI=1S/C15H20O4/c1-6-11(15(17)18)13(16)12-7-8(2)14(19-5)10(4)9(12)3/h7,11H,6H2,1-5H3,(H,17,18). The van der Waals surface area contributed by atoms with Crippen LogP contribution in [0.15, 0.2) is 6.07 Å². The lowest BCUT2D eigenvalue weighted by atomic mass is 9.89. The molecule has 0 aliphatic rings. The number of rotatable bonds is 5. The van der Waals surface area contributed by atoms with Crippen LogP contribution in [0, 0.1) is 26.7 Å². The molecule has 1 N–H and O–H groups in total. The maximum atomic E-state index is 12.3. The van der Waals surface area contributed by atoms with Crippen LogP contribution >= 0.6 is 0 Å². The molecule has 0 saturated carbocycles. The number of carbonyl (C=O) groups excluding carboxylic acids is 1. The van der Waals surface area contributed by atoms with E-state index in [1.165, 1.54) is 0 Å². The van der Waals surface area contributed by atoms with Crippen LogP contribution < -0.4 is 4.74 Å². The van der Waals surface area contributed by atoms with Crippen LogP contribution in [-0.4, -0.2) is 24.0 Å². The maximum absolute atomic E-state index is 12.3. The summed E-state index contributed by atoms with van der Waals surface area (Å²) >= 11 is 0. The topological polar surface area (TPSA) is 63.6 Å². The van der Waals surface area contributed by atoms with Crippen LogP contribution in [0.2, 0.25) is 0 Å². The number of carboxylic acid groups (broad SMARTS) is 1. The first-order valence-corrected chi connectivity index (χ1v) is 6.26. The van der Waals surface area contributed by atoms with E-state index < -0.39 is 11.9 Å². The minimum absolute atomic E-state index is 0.289. The minimum Gasteiger partial charge on any atom is -0.496 e. The molecule has 1 aromatic rings. The Morgan fingerprint density at radius 2 is 1.84 bits per heavy atom. The second-order valence-corrected chi connectivity index (χ2v) is 4.69. The van der Waals surface area contributed by atoms with Gasteiger partial charge in [0.2, 0.25) is 0 Å². The third-order valence-corrected chi connectivity index (χ3v) is 3.52. The van der Waals surface area contributed by atoms with E-state index in [0.717, 1.165) is 22.4 Å². The first-order chi connectivity index (χ1) is 8.84. The Morgan fingerprint density at radius 3 is 2.26 bits per heavy atom. The molecule has 4 nitrogen and oxygen atoms in total. The van der Waals surface area contributed by atoms with Crippen molar-refractivity contribution in [2.75, 3.05) is 7.11 Å². The summed E-state index contributed by atoms with van der Waals surface area (Å²) in [6.07, 6.45) is 0.289. The summed E-state index contributed by atoms with van der Waals surface area (Å²) in [6, 6.07) is 1.72. The number of hydrogen-bond acceptors (Lipinski definition) is 3. The molecule has 0 aromatic heterocycles. The van der Waals surface area contributed by atoms with Gasteiger partial charge in [0.25, 0.3) is 0 Å². The van der Waals surface area contributed by atoms with Gasteiger partial charge in [0.15, 0.2) is 5.78 Å². The summed E-state index contributed by atoms with van der Waals surface area (Å²) < 4.78 is 5.30. The van der Waals surface area contributed by atoms with Crippen molar-refractivity contribution >= 4 is 11.8 Å². The molecule has 1 aromatic carbocycles. The van der Waals surface area contributed by atoms with Crippen molar-refractivity contribution in [2.24, 2.45) is 5.92 Å². The van der Waals surface area contributed by atoms with Gasteiger partial charge >= 0.3 is 5.97 Å². The highest BCUT2D eigenvalue weighted by molar-refractivity contribution is 6.09. The number of carbonyl (C=O) groups is 2. The molecule has 1 unspecified atom stereocenters. The predicted molar refractivity (Wildman–Crippen MR) is 73.0 cm³/mol. The van der Waals surface area contributed by atoms with Crippen molar-refractivity contribution in [3.63, 3.8) is 0 Å². The Balaban J connectivity index is 3.36. The summed E-state index contributed by atoms with van der Waals surface area (Å²) in [4.78, 5) is 23.4. The van der Waals surface area contributed by atoms with E-state index in [1.54, 1.807) is 20.1 Å². The molecule has 0 heterocycles. The molecule has 0 radical (unpaired) electrons. The number of hydrogen-bond donors (Lipinski definition) is 1. The van der Waals surface area contributed by atoms with E-state index in [0.29, 0.717) is 5.56 Å². The van der Waals surface area contributed by atoms with Crippen molar-refractivity contribution in [3.8, 4) is 5.75 Å². The molecule has 4 heteroatoms. The fourth-order valence-electron chi connectivity index (χ4n) is 2.29. The van der Waals surface area contributed by atoms with Gasteiger partial charge in [-0.2, -0.15) is 0 Å². The highest BCUT2D eigenvalue weighted by Crippen LogP contribution is 2.30. The molecule has 0 bridgehead atoms. The Kier molecular flexibility index (Phi) is 4.70. The quantitative estimate of drug-likeness (QED) is 0.656. The molecule has 0 amide bonds. The highest BCUT2D eigenvalue weighted by Gasteiger charge is 2.27. The monoisotopic (exact) mass is 264 g/mol. The third-order valence-electron chi connectivity index (χ3n) is 3.52. The van der Waals surface area contributed by atoms with Gasteiger partial charge in [0.1, 0.15) is 11.7 Å². The van der Waals surface area contributed by atoms with Crippen LogP contribution in [0.5, 0.6) is 5.75 Å².